The number of amides is 2. The van der Waals surface area contributed by atoms with E-state index in [1.54, 1.807) is 4.90 Å². The van der Waals surface area contributed by atoms with Crippen LogP contribution in [0.25, 0.3) is 0 Å². The number of hydrogen-bond acceptors (Lipinski definition) is 5. The van der Waals surface area contributed by atoms with Crippen molar-refractivity contribution >= 4 is 17.8 Å². The molecule has 1 N–H and O–H groups in total. The maximum atomic E-state index is 12.6. The fourth-order valence-electron chi connectivity index (χ4n) is 3.09. The highest BCUT2D eigenvalue weighted by molar-refractivity contribution is 5.86. The van der Waals surface area contributed by atoms with Gasteiger partial charge >= 0.3 is 5.97 Å². The predicted octanol–water partition coefficient (Wildman–Crippen LogP) is -0.620. The molecule has 7 heteroatoms. The van der Waals surface area contributed by atoms with Crippen molar-refractivity contribution in [1.82, 2.24) is 9.80 Å². The van der Waals surface area contributed by atoms with E-state index in [2.05, 4.69) is 0 Å². The lowest BCUT2D eigenvalue weighted by Crippen LogP contribution is -2.47. The quantitative estimate of drug-likeness (QED) is 0.687. The second-order valence-corrected chi connectivity index (χ2v) is 5.70. The van der Waals surface area contributed by atoms with Gasteiger partial charge in [-0.1, -0.05) is 0 Å². The zero-order chi connectivity index (χ0) is 15.6. The van der Waals surface area contributed by atoms with Gasteiger partial charge in [0.2, 0.25) is 11.8 Å². The van der Waals surface area contributed by atoms with Crippen molar-refractivity contribution in [2.24, 2.45) is 5.92 Å². The van der Waals surface area contributed by atoms with Gasteiger partial charge in [0.25, 0.3) is 0 Å². The zero-order valence-corrected chi connectivity index (χ0v) is 12.4. The minimum atomic E-state index is -0.691. The molecule has 0 bridgehead atoms. The first-order chi connectivity index (χ1) is 9.93. The van der Waals surface area contributed by atoms with E-state index in [0.29, 0.717) is 25.9 Å². The molecule has 0 aromatic carbocycles. The Labute approximate surface area is 123 Å². The maximum absolute atomic E-state index is 12.6. The van der Waals surface area contributed by atoms with Crippen LogP contribution >= 0.6 is 0 Å². The number of β-amino-alcohol motifs (C(OH)–C–C–N with tert-alkyl or cyclic N) is 1. The molecule has 2 saturated heterocycles. The van der Waals surface area contributed by atoms with Crippen LogP contribution in [0.3, 0.4) is 0 Å². The first kappa shape index (κ1) is 15.8. The molecule has 0 spiro atoms. The fraction of sp³-hybridized carbons (Fsp3) is 0.786. The summed E-state index contributed by atoms with van der Waals surface area (Å²) in [6.45, 7) is 2.81. The highest BCUT2D eigenvalue weighted by atomic mass is 16.5. The molecular weight excluding hydrogens is 276 g/mol. The molecule has 118 valence electrons. The summed E-state index contributed by atoms with van der Waals surface area (Å²) < 4.78 is 4.70. The van der Waals surface area contributed by atoms with Crippen LogP contribution < -0.4 is 0 Å². The van der Waals surface area contributed by atoms with E-state index in [4.69, 9.17) is 4.74 Å². The molecule has 0 aliphatic carbocycles. The number of nitrogens with zero attached hydrogens (tertiary/aromatic N) is 2. The third kappa shape index (κ3) is 3.34. The number of likely N-dealkylation sites (tertiary alicyclic amines) is 2. The molecule has 7 nitrogen and oxygen atoms in total. The average molecular weight is 298 g/mol. The van der Waals surface area contributed by atoms with E-state index in [0.717, 1.165) is 0 Å². The zero-order valence-electron chi connectivity index (χ0n) is 12.4. The monoisotopic (exact) mass is 298 g/mol. The van der Waals surface area contributed by atoms with Gasteiger partial charge in [-0.3, -0.25) is 9.59 Å². The van der Waals surface area contributed by atoms with Crippen LogP contribution in [-0.2, 0) is 19.1 Å². The molecule has 0 aromatic rings. The van der Waals surface area contributed by atoms with Crippen LogP contribution in [0.5, 0.6) is 0 Å². The van der Waals surface area contributed by atoms with Crippen molar-refractivity contribution in [1.29, 1.82) is 0 Å². The van der Waals surface area contributed by atoms with Crippen LogP contribution in [-0.4, -0.2) is 71.6 Å². The first-order valence-electron chi connectivity index (χ1n) is 7.26. The van der Waals surface area contributed by atoms with Gasteiger partial charge in [-0.25, -0.2) is 4.79 Å². The Hall–Kier alpha value is -1.63. The van der Waals surface area contributed by atoms with Gasteiger partial charge in [0.05, 0.1) is 13.2 Å². The summed E-state index contributed by atoms with van der Waals surface area (Å²) >= 11 is 0. The van der Waals surface area contributed by atoms with Gasteiger partial charge < -0.3 is 19.6 Å². The number of carbonyl (C=O) groups is 3. The highest BCUT2D eigenvalue weighted by Crippen LogP contribution is 2.26. The Kier molecular flexibility index (Phi) is 4.82. The van der Waals surface area contributed by atoms with Crippen LogP contribution in [0.15, 0.2) is 0 Å². The fourth-order valence-corrected chi connectivity index (χ4v) is 3.09. The van der Waals surface area contributed by atoms with E-state index in [9.17, 15) is 19.5 Å². The minimum absolute atomic E-state index is 0.0185. The molecule has 2 heterocycles. The Morgan fingerprint density at radius 1 is 1.19 bits per heavy atom. The van der Waals surface area contributed by atoms with Crippen LogP contribution in [0.2, 0.25) is 0 Å². The lowest BCUT2D eigenvalue weighted by molar-refractivity contribution is -0.153. The summed E-state index contributed by atoms with van der Waals surface area (Å²) in [5.41, 5.74) is 0. The largest absolute Gasteiger partial charge is 0.467 e. The van der Waals surface area contributed by atoms with Gasteiger partial charge in [0, 0.05) is 38.9 Å². The second-order valence-electron chi connectivity index (χ2n) is 5.70. The lowest BCUT2D eigenvalue weighted by Gasteiger charge is -2.33. The summed E-state index contributed by atoms with van der Waals surface area (Å²) in [6.07, 6.45) is 0.734. The molecule has 2 aliphatic rings. The molecule has 2 atom stereocenters. The van der Waals surface area contributed by atoms with Gasteiger partial charge in [0.1, 0.15) is 6.04 Å². The number of hydrogen-bond donors (Lipinski definition) is 1. The van der Waals surface area contributed by atoms with Crippen molar-refractivity contribution in [3.05, 3.63) is 0 Å². The van der Waals surface area contributed by atoms with Crippen molar-refractivity contribution in [3.8, 4) is 0 Å². The number of ether oxygens (including phenoxy) is 1. The molecule has 0 saturated carbocycles. The van der Waals surface area contributed by atoms with Crippen LogP contribution in [0.1, 0.15) is 26.2 Å². The van der Waals surface area contributed by atoms with E-state index in [1.807, 2.05) is 0 Å². The van der Waals surface area contributed by atoms with Crippen molar-refractivity contribution in [3.63, 3.8) is 0 Å². The van der Waals surface area contributed by atoms with E-state index in [1.165, 1.54) is 18.9 Å². The minimum Gasteiger partial charge on any atom is -0.467 e. The standard InChI is InChI=1S/C14H22N2O5/c1-9(17)15-5-3-10(4-6-15)13(19)16-8-11(18)7-12(16)14(20)21-2/h10-12,18H,3-8H2,1-2H3. The third-order valence-electron chi connectivity index (χ3n) is 4.32. The Bertz CT molecular complexity index is 431. The summed E-state index contributed by atoms with van der Waals surface area (Å²) in [7, 11) is 1.28. The molecular formula is C14H22N2O5. The molecule has 2 aliphatic heterocycles. The smallest absolute Gasteiger partial charge is 0.328 e. The number of rotatable bonds is 2. The molecule has 0 aromatic heterocycles. The number of piperidine rings is 1. The van der Waals surface area contributed by atoms with Gasteiger partial charge in [-0.2, -0.15) is 0 Å². The number of carbonyl (C=O) groups excluding carboxylic acids is 3. The van der Waals surface area contributed by atoms with Gasteiger partial charge in [-0.05, 0) is 12.8 Å². The van der Waals surface area contributed by atoms with Crippen molar-refractivity contribution in [2.75, 3.05) is 26.7 Å². The molecule has 0 radical (unpaired) electrons. The van der Waals surface area contributed by atoms with Crippen molar-refractivity contribution < 1.29 is 24.2 Å². The van der Waals surface area contributed by atoms with Crippen LogP contribution in [0.4, 0.5) is 0 Å². The first-order valence-corrected chi connectivity index (χ1v) is 7.26. The molecule has 2 amide bonds. The van der Waals surface area contributed by atoms with Gasteiger partial charge in [-0.15, -0.1) is 0 Å². The van der Waals surface area contributed by atoms with E-state index < -0.39 is 18.1 Å². The van der Waals surface area contributed by atoms with Crippen LogP contribution in [0, 0.1) is 5.92 Å². The summed E-state index contributed by atoms with van der Waals surface area (Å²) in [5.74, 6) is -0.783. The Morgan fingerprint density at radius 2 is 1.81 bits per heavy atom. The van der Waals surface area contributed by atoms with Gasteiger partial charge in [0.15, 0.2) is 0 Å². The van der Waals surface area contributed by atoms with E-state index in [-0.39, 0.29) is 30.7 Å². The summed E-state index contributed by atoms with van der Waals surface area (Å²) in [6, 6.07) is -0.691. The number of methoxy groups -OCH3 is 1. The summed E-state index contributed by atoms with van der Waals surface area (Å²) in [5, 5.41) is 9.72. The number of aliphatic hydroxyl groups excluding tert-OH is 1. The lowest BCUT2D eigenvalue weighted by atomic mass is 9.95. The molecule has 21 heavy (non-hydrogen) atoms. The average Bonchev–Trinajstić information content (AvgIpc) is 2.87. The summed E-state index contributed by atoms with van der Waals surface area (Å²) in [4.78, 5) is 38.7. The normalized spacial score (nSPS) is 26.8. The number of aliphatic hydroxyl groups is 1. The van der Waals surface area contributed by atoms with E-state index >= 15 is 0 Å². The van der Waals surface area contributed by atoms with Crippen molar-refractivity contribution in [2.45, 2.75) is 38.3 Å². The maximum Gasteiger partial charge on any atom is 0.328 e. The predicted molar refractivity (Wildman–Crippen MR) is 73.1 cm³/mol. The highest BCUT2D eigenvalue weighted by Gasteiger charge is 2.42. The number of esters is 1. The Balaban J connectivity index is 1.99. The molecule has 2 unspecified atom stereocenters. The molecule has 2 fully saturated rings. The SMILES string of the molecule is COC(=O)C1CC(O)CN1C(=O)C1CCN(C(C)=O)CC1. The molecule has 2 rings (SSSR count). The second kappa shape index (κ2) is 6.43. The topological polar surface area (TPSA) is 87.2 Å². The Morgan fingerprint density at radius 3 is 2.33 bits per heavy atom. The third-order valence-corrected chi connectivity index (χ3v) is 4.32.